The number of nitrogens with one attached hydrogen (secondary N) is 1. The van der Waals surface area contributed by atoms with Crippen molar-refractivity contribution in [3.63, 3.8) is 0 Å². The summed E-state index contributed by atoms with van der Waals surface area (Å²) in [6, 6.07) is 21.0. The molecule has 1 aliphatic rings. The number of hydrogen-bond donors (Lipinski definition) is 2. The number of carbonyl (C=O) groups excluding carboxylic acids is 2. The maximum atomic E-state index is 13.8. The molecule has 2 amide bonds. The van der Waals surface area contributed by atoms with Crippen molar-refractivity contribution in [2.45, 2.75) is 19.0 Å². The van der Waals surface area contributed by atoms with E-state index in [1.165, 1.54) is 11.0 Å². The summed E-state index contributed by atoms with van der Waals surface area (Å²) in [5.74, 6) is -1.80. The molecule has 1 unspecified atom stereocenters. The van der Waals surface area contributed by atoms with E-state index in [4.69, 9.17) is 23.2 Å². The number of pyridine rings is 1. The van der Waals surface area contributed by atoms with Gasteiger partial charge in [0, 0.05) is 34.9 Å². The normalized spacial score (nSPS) is 15.0. The third-order valence-corrected chi connectivity index (χ3v) is 6.85. The van der Waals surface area contributed by atoms with Crippen molar-refractivity contribution in [3.8, 4) is 11.1 Å². The molecule has 0 bridgehead atoms. The van der Waals surface area contributed by atoms with Gasteiger partial charge in [0.2, 0.25) is 5.91 Å². The summed E-state index contributed by atoms with van der Waals surface area (Å²) in [4.78, 5) is 45.1. The molecule has 0 saturated heterocycles. The van der Waals surface area contributed by atoms with Gasteiger partial charge >= 0.3 is 5.97 Å². The maximum Gasteiger partial charge on any atom is 0.336 e. The fourth-order valence-corrected chi connectivity index (χ4v) is 4.80. The van der Waals surface area contributed by atoms with Crippen LogP contribution >= 0.6 is 23.2 Å². The molecule has 2 N–H and O–H groups in total. The second kappa shape index (κ2) is 10.7. The number of halogens is 2. The maximum absolute atomic E-state index is 13.8. The lowest BCUT2D eigenvalue weighted by atomic mass is 9.96. The molecule has 7 nitrogen and oxygen atoms in total. The van der Waals surface area contributed by atoms with Gasteiger partial charge in [0.15, 0.2) is 0 Å². The smallest absolute Gasteiger partial charge is 0.336 e. The van der Waals surface area contributed by atoms with Gasteiger partial charge in [0.25, 0.3) is 5.91 Å². The van der Waals surface area contributed by atoms with Crippen molar-refractivity contribution < 1.29 is 19.5 Å². The average molecular weight is 546 g/mol. The second-order valence-corrected chi connectivity index (χ2v) is 9.72. The number of amides is 2. The molecule has 38 heavy (non-hydrogen) atoms. The summed E-state index contributed by atoms with van der Waals surface area (Å²) in [7, 11) is 0. The summed E-state index contributed by atoms with van der Waals surface area (Å²) in [5, 5.41) is 13.5. The largest absolute Gasteiger partial charge is 0.478 e. The number of aromatic carboxylic acids is 1. The first-order valence-electron chi connectivity index (χ1n) is 11.7. The minimum Gasteiger partial charge on any atom is -0.478 e. The Balaban J connectivity index is 1.58. The van der Waals surface area contributed by atoms with E-state index in [-0.39, 0.29) is 30.3 Å². The van der Waals surface area contributed by atoms with Crippen LogP contribution in [0.15, 0.2) is 85.1 Å². The van der Waals surface area contributed by atoms with Crippen LogP contribution in [0.25, 0.3) is 11.1 Å². The predicted octanol–water partition coefficient (Wildman–Crippen LogP) is 5.96. The molecule has 4 aromatic rings. The van der Waals surface area contributed by atoms with Crippen LogP contribution in [0.3, 0.4) is 0 Å². The first kappa shape index (κ1) is 25.4. The Kier molecular flexibility index (Phi) is 7.13. The van der Waals surface area contributed by atoms with Gasteiger partial charge in [-0.05, 0) is 71.3 Å². The number of carboxylic acids is 1. The summed E-state index contributed by atoms with van der Waals surface area (Å²) in [5.41, 5.74) is 3.21. The molecule has 9 heteroatoms. The molecule has 1 aliphatic heterocycles. The standard InChI is InChI=1S/C29H21Cl2N3O4/c30-19-7-5-18(6-8-19)24-13-17(4-10-22(24)29(37)38)16-34-26(15-21-3-1-2-12-32-21)27(35)33-25-14-20(31)9-11-23(25)28(34)36/h1-14,26H,15-16H2,(H,33,35)(H,37,38). The van der Waals surface area contributed by atoms with Crippen LogP contribution in [0.1, 0.15) is 32.0 Å². The Hall–Kier alpha value is -4.20. The van der Waals surface area contributed by atoms with Gasteiger partial charge in [-0.2, -0.15) is 0 Å². The highest BCUT2D eigenvalue weighted by atomic mass is 35.5. The van der Waals surface area contributed by atoms with Crippen LogP contribution in [-0.2, 0) is 17.8 Å². The molecule has 1 atom stereocenters. The minimum absolute atomic E-state index is 0.0618. The van der Waals surface area contributed by atoms with Gasteiger partial charge in [-0.25, -0.2) is 4.79 Å². The second-order valence-electron chi connectivity index (χ2n) is 8.85. The Labute approximate surface area is 228 Å². The van der Waals surface area contributed by atoms with E-state index in [1.54, 1.807) is 72.9 Å². The number of benzene rings is 3. The Morgan fingerprint density at radius 3 is 2.39 bits per heavy atom. The molecule has 3 aromatic carbocycles. The first-order valence-corrected chi connectivity index (χ1v) is 12.5. The monoisotopic (exact) mass is 545 g/mol. The minimum atomic E-state index is -1.08. The lowest BCUT2D eigenvalue weighted by Crippen LogP contribution is -2.46. The number of fused-ring (bicyclic) bond motifs is 1. The van der Waals surface area contributed by atoms with E-state index in [2.05, 4.69) is 10.3 Å². The van der Waals surface area contributed by atoms with Gasteiger partial charge in [0.05, 0.1) is 16.8 Å². The third kappa shape index (κ3) is 5.25. The van der Waals surface area contributed by atoms with Gasteiger partial charge in [-0.15, -0.1) is 0 Å². The zero-order valence-corrected chi connectivity index (χ0v) is 21.4. The Morgan fingerprint density at radius 2 is 1.68 bits per heavy atom. The van der Waals surface area contributed by atoms with E-state index in [0.717, 1.165) is 0 Å². The Morgan fingerprint density at radius 1 is 0.921 bits per heavy atom. The molecule has 0 saturated carbocycles. The summed E-state index contributed by atoms with van der Waals surface area (Å²) < 4.78 is 0. The number of rotatable bonds is 6. The van der Waals surface area contributed by atoms with Crippen molar-refractivity contribution in [3.05, 3.63) is 117 Å². The summed E-state index contributed by atoms with van der Waals surface area (Å²) in [6.45, 7) is 0.0618. The van der Waals surface area contributed by atoms with Crippen LogP contribution in [0.4, 0.5) is 5.69 Å². The first-order chi connectivity index (χ1) is 18.3. The van der Waals surface area contributed by atoms with Crippen molar-refractivity contribution in [2.75, 3.05) is 5.32 Å². The number of anilines is 1. The number of aromatic nitrogens is 1. The average Bonchev–Trinajstić information content (AvgIpc) is 2.99. The van der Waals surface area contributed by atoms with Crippen LogP contribution in [0.2, 0.25) is 10.0 Å². The summed E-state index contributed by atoms with van der Waals surface area (Å²) in [6.07, 6.45) is 1.82. The van der Waals surface area contributed by atoms with Crippen LogP contribution in [-0.4, -0.2) is 38.8 Å². The molecule has 0 spiro atoms. The highest BCUT2D eigenvalue weighted by Crippen LogP contribution is 2.31. The van der Waals surface area contributed by atoms with E-state index >= 15 is 0 Å². The molecule has 0 fully saturated rings. The highest BCUT2D eigenvalue weighted by molar-refractivity contribution is 6.31. The van der Waals surface area contributed by atoms with Crippen LogP contribution in [0, 0.1) is 0 Å². The number of carbonyl (C=O) groups is 3. The molecular formula is C29H21Cl2N3O4. The van der Waals surface area contributed by atoms with Crippen molar-refractivity contribution in [2.24, 2.45) is 0 Å². The quantitative estimate of drug-likeness (QED) is 0.311. The van der Waals surface area contributed by atoms with E-state index in [0.29, 0.717) is 43.7 Å². The topological polar surface area (TPSA) is 99.6 Å². The number of carboxylic acid groups (broad SMARTS) is 1. The van der Waals surface area contributed by atoms with Crippen LogP contribution < -0.4 is 5.32 Å². The molecule has 2 heterocycles. The van der Waals surface area contributed by atoms with Crippen molar-refractivity contribution in [1.29, 1.82) is 0 Å². The van der Waals surface area contributed by atoms with E-state index < -0.39 is 12.0 Å². The van der Waals surface area contributed by atoms with Gasteiger partial charge in [-0.3, -0.25) is 14.6 Å². The SMILES string of the molecule is O=C(O)c1ccc(CN2C(=O)c3ccc(Cl)cc3NC(=O)C2Cc2ccccn2)cc1-c1ccc(Cl)cc1. The number of nitrogens with zero attached hydrogens (tertiary/aromatic N) is 2. The molecule has 5 rings (SSSR count). The van der Waals surface area contributed by atoms with Crippen LogP contribution in [0.5, 0.6) is 0 Å². The van der Waals surface area contributed by atoms with Crippen molar-refractivity contribution >= 4 is 46.7 Å². The molecule has 1 aromatic heterocycles. The van der Waals surface area contributed by atoms with Gasteiger partial charge < -0.3 is 15.3 Å². The predicted molar refractivity (Wildman–Crippen MR) is 146 cm³/mol. The summed E-state index contributed by atoms with van der Waals surface area (Å²) >= 11 is 12.2. The fourth-order valence-electron chi connectivity index (χ4n) is 4.50. The zero-order valence-electron chi connectivity index (χ0n) is 19.9. The lowest BCUT2D eigenvalue weighted by molar-refractivity contribution is -0.120. The third-order valence-electron chi connectivity index (χ3n) is 6.36. The van der Waals surface area contributed by atoms with Gasteiger partial charge in [0.1, 0.15) is 6.04 Å². The fraction of sp³-hybridized carbons (Fsp3) is 0.103. The molecular weight excluding hydrogens is 525 g/mol. The highest BCUT2D eigenvalue weighted by Gasteiger charge is 2.36. The van der Waals surface area contributed by atoms with Gasteiger partial charge in [-0.1, -0.05) is 47.5 Å². The van der Waals surface area contributed by atoms with E-state index in [1.807, 2.05) is 6.07 Å². The van der Waals surface area contributed by atoms with Crippen molar-refractivity contribution in [1.82, 2.24) is 9.88 Å². The molecule has 0 aliphatic carbocycles. The number of hydrogen-bond acceptors (Lipinski definition) is 4. The Bertz CT molecular complexity index is 1540. The molecule has 0 radical (unpaired) electrons. The molecule has 190 valence electrons. The zero-order chi connectivity index (χ0) is 26.8. The lowest BCUT2D eigenvalue weighted by Gasteiger charge is -2.29. The van der Waals surface area contributed by atoms with E-state index in [9.17, 15) is 19.5 Å².